The number of ether oxygens (including phenoxy) is 1. The first-order valence-corrected chi connectivity index (χ1v) is 11.0. The second kappa shape index (κ2) is 10.3. The number of nitrogens with zero attached hydrogens (tertiary/aromatic N) is 5. The summed E-state index contributed by atoms with van der Waals surface area (Å²) in [4.78, 5) is 22.3. The molecule has 0 atom stereocenters. The van der Waals surface area contributed by atoms with E-state index in [1.54, 1.807) is 16.2 Å². The van der Waals surface area contributed by atoms with Crippen LogP contribution in [0.4, 0.5) is 5.13 Å². The number of carbonyl (C=O) groups excluding carboxylic acids is 1. The normalized spacial score (nSPS) is 14.6. The second-order valence-corrected chi connectivity index (χ2v) is 8.22. The van der Waals surface area contributed by atoms with Crippen LogP contribution in [0.3, 0.4) is 0 Å². The average molecular weight is 450 g/mol. The maximum absolute atomic E-state index is 13.4. The Morgan fingerprint density at radius 1 is 1.27 bits per heavy atom. The lowest BCUT2D eigenvalue weighted by molar-refractivity contribution is 0.0376. The number of hydrogen-bond donors (Lipinski definition) is 0. The second-order valence-electron chi connectivity index (χ2n) is 7.22. The molecule has 9 heteroatoms. The Morgan fingerprint density at radius 3 is 2.73 bits per heavy atom. The minimum atomic E-state index is -0.0821. The topological polar surface area (TPSA) is 63.5 Å². The molecule has 0 spiro atoms. The number of para-hydroxylation sites is 1. The van der Waals surface area contributed by atoms with E-state index in [4.69, 9.17) is 9.72 Å². The smallest absolute Gasteiger partial charge is 0.280 e. The van der Waals surface area contributed by atoms with E-state index in [0.29, 0.717) is 12.2 Å². The van der Waals surface area contributed by atoms with Crippen LogP contribution in [-0.4, -0.2) is 65.0 Å². The van der Waals surface area contributed by atoms with Crippen molar-refractivity contribution in [1.29, 1.82) is 0 Å². The van der Waals surface area contributed by atoms with Crippen molar-refractivity contribution in [2.24, 2.45) is 0 Å². The zero-order valence-corrected chi connectivity index (χ0v) is 19.0. The molecule has 7 nitrogen and oxygen atoms in total. The third kappa shape index (κ3) is 5.00. The van der Waals surface area contributed by atoms with Crippen molar-refractivity contribution in [1.82, 2.24) is 19.7 Å². The number of benzene rings is 1. The maximum atomic E-state index is 13.4. The van der Waals surface area contributed by atoms with Crippen LogP contribution >= 0.6 is 23.7 Å². The molecule has 0 radical (unpaired) electrons. The summed E-state index contributed by atoms with van der Waals surface area (Å²) in [5.74, 6) is -0.0821. The third-order valence-corrected chi connectivity index (χ3v) is 6.28. The van der Waals surface area contributed by atoms with Crippen LogP contribution in [0.2, 0.25) is 0 Å². The van der Waals surface area contributed by atoms with E-state index in [9.17, 15) is 4.79 Å². The number of aryl methyl sites for hydroxylation is 2. The van der Waals surface area contributed by atoms with Gasteiger partial charge < -0.3 is 4.74 Å². The lowest BCUT2D eigenvalue weighted by Gasteiger charge is -2.27. The molecule has 1 amide bonds. The minimum Gasteiger partial charge on any atom is -0.379 e. The minimum absolute atomic E-state index is 0. The molecule has 1 fully saturated rings. The van der Waals surface area contributed by atoms with E-state index in [0.717, 1.165) is 66.9 Å². The summed E-state index contributed by atoms with van der Waals surface area (Å²) in [6, 6.07) is 9.88. The Labute approximate surface area is 187 Å². The first-order chi connectivity index (χ1) is 14.2. The quantitative estimate of drug-likeness (QED) is 0.551. The van der Waals surface area contributed by atoms with Crippen molar-refractivity contribution in [3.63, 3.8) is 0 Å². The highest BCUT2D eigenvalue weighted by Gasteiger charge is 2.24. The number of rotatable bonds is 7. The van der Waals surface area contributed by atoms with Gasteiger partial charge in [-0.05, 0) is 38.5 Å². The highest BCUT2D eigenvalue weighted by atomic mass is 35.5. The highest BCUT2D eigenvalue weighted by Crippen LogP contribution is 2.29. The van der Waals surface area contributed by atoms with Gasteiger partial charge in [0.25, 0.3) is 5.91 Å². The molecule has 4 rings (SSSR count). The van der Waals surface area contributed by atoms with Crippen LogP contribution in [0, 0.1) is 6.92 Å². The zero-order chi connectivity index (χ0) is 20.2. The van der Waals surface area contributed by atoms with Gasteiger partial charge in [-0.3, -0.25) is 19.3 Å². The Morgan fingerprint density at radius 2 is 2.03 bits per heavy atom. The fourth-order valence-corrected chi connectivity index (χ4v) is 4.60. The number of carbonyl (C=O) groups is 1. The molecule has 1 aliphatic rings. The third-order valence-electron chi connectivity index (χ3n) is 5.22. The zero-order valence-electron chi connectivity index (χ0n) is 17.4. The van der Waals surface area contributed by atoms with Crippen LogP contribution in [0.25, 0.3) is 10.2 Å². The van der Waals surface area contributed by atoms with Crippen LogP contribution in [-0.2, 0) is 11.3 Å². The van der Waals surface area contributed by atoms with Gasteiger partial charge in [-0.1, -0.05) is 23.5 Å². The first-order valence-electron chi connectivity index (χ1n) is 10.2. The number of thiazole rings is 1. The largest absolute Gasteiger partial charge is 0.379 e. The Kier molecular flexibility index (Phi) is 7.82. The molecule has 162 valence electrons. The fourth-order valence-electron chi connectivity index (χ4n) is 3.61. The summed E-state index contributed by atoms with van der Waals surface area (Å²) in [7, 11) is 0. The maximum Gasteiger partial charge on any atom is 0.280 e. The molecule has 0 bridgehead atoms. The summed E-state index contributed by atoms with van der Waals surface area (Å²) in [5.41, 5.74) is 2.40. The van der Waals surface area contributed by atoms with Gasteiger partial charge in [0.05, 0.1) is 23.4 Å². The van der Waals surface area contributed by atoms with Crippen LogP contribution in [0.1, 0.15) is 29.5 Å². The molecule has 0 saturated carbocycles. The summed E-state index contributed by atoms with van der Waals surface area (Å²) in [5, 5.41) is 5.24. The number of hydrogen-bond acceptors (Lipinski definition) is 6. The molecule has 2 aromatic heterocycles. The Hall–Kier alpha value is -2.00. The van der Waals surface area contributed by atoms with Gasteiger partial charge in [0.1, 0.15) is 0 Å². The standard InChI is InChI=1S/C21H27N5O2S.ClH/c1-3-26-16(2)15-18(23-26)20(27)25(10-6-9-24-11-13-28-14-12-24)21-22-17-7-4-5-8-19(17)29-21;/h4-5,7-8,15H,3,6,9-14H2,1-2H3;1H. The van der Waals surface area contributed by atoms with Gasteiger partial charge in [0, 0.05) is 38.4 Å². The average Bonchev–Trinajstić information content (AvgIpc) is 3.34. The van der Waals surface area contributed by atoms with Crippen LogP contribution < -0.4 is 4.90 Å². The van der Waals surface area contributed by atoms with Crippen molar-refractivity contribution >= 4 is 45.0 Å². The molecule has 1 aromatic carbocycles. The molecule has 1 saturated heterocycles. The van der Waals surface area contributed by atoms with E-state index < -0.39 is 0 Å². The van der Waals surface area contributed by atoms with E-state index in [-0.39, 0.29) is 18.3 Å². The predicted molar refractivity (Wildman–Crippen MR) is 123 cm³/mol. The molecular weight excluding hydrogens is 422 g/mol. The molecular formula is C21H28ClN5O2S. The van der Waals surface area contributed by atoms with Gasteiger partial charge in [-0.15, -0.1) is 12.4 Å². The summed E-state index contributed by atoms with van der Waals surface area (Å²) in [6.07, 6.45) is 0.884. The van der Waals surface area contributed by atoms with Gasteiger partial charge in [0.15, 0.2) is 10.8 Å². The van der Waals surface area contributed by atoms with Crippen molar-refractivity contribution in [3.05, 3.63) is 41.7 Å². The lowest BCUT2D eigenvalue weighted by atomic mass is 10.3. The van der Waals surface area contributed by atoms with Gasteiger partial charge in [-0.2, -0.15) is 5.10 Å². The van der Waals surface area contributed by atoms with Crippen LogP contribution in [0.5, 0.6) is 0 Å². The Balaban J connectivity index is 0.00000256. The monoisotopic (exact) mass is 449 g/mol. The lowest BCUT2D eigenvalue weighted by Crippen LogP contribution is -2.39. The van der Waals surface area contributed by atoms with Gasteiger partial charge in [-0.25, -0.2) is 4.98 Å². The molecule has 0 N–H and O–H groups in total. The van der Waals surface area contributed by atoms with E-state index >= 15 is 0 Å². The first kappa shape index (κ1) is 22.7. The van der Waals surface area contributed by atoms with E-state index in [2.05, 4.69) is 10.00 Å². The number of amides is 1. The SMILES string of the molecule is CCn1nc(C(=O)N(CCCN2CCOCC2)c2nc3ccccc3s2)cc1C.Cl. The summed E-state index contributed by atoms with van der Waals surface area (Å²) < 4.78 is 8.37. The molecule has 3 aromatic rings. The van der Waals surface area contributed by atoms with E-state index in [1.165, 1.54) is 0 Å². The molecule has 1 aliphatic heterocycles. The molecule has 0 unspecified atom stereocenters. The van der Waals surface area contributed by atoms with E-state index in [1.807, 2.05) is 48.9 Å². The van der Waals surface area contributed by atoms with Crippen molar-refractivity contribution in [2.45, 2.75) is 26.8 Å². The molecule has 3 heterocycles. The summed E-state index contributed by atoms with van der Waals surface area (Å²) >= 11 is 1.56. The molecule has 0 aliphatic carbocycles. The number of halogens is 1. The Bertz CT molecular complexity index is 950. The highest BCUT2D eigenvalue weighted by molar-refractivity contribution is 7.22. The van der Waals surface area contributed by atoms with Crippen LogP contribution in [0.15, 0.2) is 30.3 Å². The number of morpholine rings is 1. The van der Waals surface area contributed by atoms with Gasteiger partial charge in [0.2, 0.25) is 0 Å². The summed E-state index contributed by atoms with van der Waals surface area (Å²) in [6.45, 7) is 9.80. The number of fused-ring (bicyclic) bond motifs is 1. The van der Waals surface area contributed by atoms with Gasteiger partial charge >= 0.3 is 0 Å². The van der Waals surface area contributed by atoms with Crippen molar-refractivity contribution in [2.75, 3.05) is 44.3 Å². The number of anilines is 1. The van der Waals surface area contributed by atoms with Crippen molar-refractivity contribution in [3.8, 4) is 0 Å². The predicted octanol–water partition coefficient (Wildman–Crippen LogP) is 3.61. The molecule has 30 heavy (non-hydrogen) atoms. The van der Waals surface area contributed by atoms with Crippen molar-refractivity contribution < 1.29 is 9.53 Å². The number of aromatic nitrogens is 3. The fraction of sp³-hybridized carbons (Fsp3) is 0.476.